The lowest BCUT2D eigenvalue weighted by molar-refractivity contribution is 0.535. The van der Waals surface area contributed by atoms with E-state index in [4.69, 9.17) is 0 Å². The molecule has 5 heavy (non-hydrogen) atoms. The molecule has 0 heterocycles. The number of hydrogen-bond donors (Lipinski definition) is 0. The summed E-state index contributed by atoms with van der Waals surface area (Å²) >= 11 is 0. The van der Waals surface area contributed by atoms with E-state index in [9.17, 15) is 12.9 Å². The number of rotatable bonds is 0. The van der Waals surface area contributed by atoms with Gasteiger partial charge in [-0.25, -0.2) is 0 Å². The predicted molar refractivity (Wildman–Crippen MR) is 16.0 cm³/mol. The van der Waals surface area contributed by atoms with Crippen molar-refractivity contribution in [3.63, 3.8) is 0 Å². The zero-order chi connectivity index (χ0) is 3.58. The van der Waals surface area contributed by atoms with Gasteiger partial charge in [0.15, 0.2) is 0 Å². The molecule has 0 spiro atoms. The summed E-state index contributed by atoms with van der Waals surface area (Å²) in [7, 11) is -3.67. The second kappa shape index (κ2) is 4.28. The standard InChI is InChI=1S/BF3.P/c2-1(3)4;. The molecule has 0 saturated carbocycles. The van der Waals surface area contributed by atoms with Crippen LogP contribution in [0.3, 0.4) is 0 Å². The van der Waals surface area contributed by atoms with Crippen molar-refractivity contribution in [1.82, 2.24) is 0 Å². The van der Waals surface area contributed by atoms with E-state index in [1.54, 1.807) is 0 Å². The third-order valence-electron chi connectivity index (χ3n) is 0. The van der Waals surface area contributed by atoms with Crippen molar-refractivity contribution in [3.8, 4) is 0 Å². The Balaban J connectivity index is 0. The van der Waals surface area contributed by atoms with Crippen LogP contribution >= 0.6 is 9.90 Å². The van der Waals surface area contributed by atoms with Crippen LogP contribution in [0.25, 0.3) is 0 Å². The van der Waals surface area contributed by atoms with Crippen LogP contribution in [-0.4, -0.2) is 7.54 Å². The van der Waals surface area contributed by atoms with E-state index in [1.807, 2.05) is 0 Å². The molecule has 0 bridgehead atoms. The first-order chi connectivity index (χ1) is 1.73. The lowest BCUT2D eigenvalue weighted by atomic mass is 10.5. The largest absolute Gasteiger partial charge is 0.762 e. The molecule has 3 radical (unpaired) electrons. The average molecular weight is 98.8 g/mol. The van der Waals surface area contributed by atoms with Crippen LogP contribution in [-0.2, 0) is 0 Å². The minimum absolute atomic E-state index is 0. The molecule has 0 N–H and O–H groups in total. The molecule has 0 amide bonds. The summed E-state index contributed by atoms with van der Waals surface area (Å²) in [5.74, 6) is 0. The fourth-order valence-electron chi connectivity index (χ4n) is 0. The van der Waals surface area contributed by atoms with Crippen LogP contribution < -0.4 is 0 Å². The molecule has 0 aromatic rings. The molecule has 0 aliphatic rings. The van der Waals surface area contributed by atoms with E-state index in [-0.39, 0.29) is 9.90 Å². The summed E-state index contributed by atoms with van der Waals surface area (Å²) in [6.45, 7) is 0. The average Bonchev–Trinajstić information content (AvgIpc) is 0.811. The van der Waals surface area contributed by atoms with E-state index in [2.05, 4.69) is 0 Å². The minimum atomic E-state index is -3.67. The summed E-state index contributed by atoms with van der Waals surface area (Å²) < 4.78 is 29.0. The van der Waals surface area contributed by atoms with Gasteiger partial charge in [0.2, 0.25) is 0 Å². The highest BCUT2D eigenvalue weighted by Gasteiger charge is 2.06. The highest BCUT2D eigenvalue weighted by atomic mass is 31.0. The summed E-state index contributed by atoms with van der Waals surface area (Å²) in [4.78, 5) is 0. The molecule has 0 atom stereocenters. The number of halogens is 3. The summed E-state index contributed by atoms with van der Waals surface area (Å²) in [6, 6.07) is 0. The first-order valence-electron chi connectivity index (χ1n) is 0.655. The van der Waals surface area contributed by atoms with E-state index in [0.29, 0.717) is 0 Å². The molecule has 0 aromatic carbocycles. The van der Waals surface area contributed by atoms with Gasteiger partial charge in [-0.1, -0.05) is 0 Å². The van der Waals surface area contributed by atoms with Crippen LogP contribution in [0, 0.1) is 0 Å². The van der Waals surface area contributed by atoms with Gasteiger partial charge < -0.3 is 0 Å². The maximum absolute atomic E-state index is 9.67. The monoisotopic (exact) mass is 99.0 g/mol. The third-order valence-corrected chi connectivity index (χ3v) is 0. The fourth-order valence-corrected chi connectivity index (χ4v) is 0. The first kappa shape index (κ1) is 8.99. The van der Waals surface area contributed by atoms with Gasteiger partial charge in [0, 0.05) is 9.90 Å². The maximum Gasteiger partial charge on any atom is 0.762 e. The topological polar surface area (TPSA) is 0 Å². The van der Waals surface area contributed by atoms with Crippen molar-refractivity contribution in [2.24, 2.45) is 0 Å². The Morgan fingerprint density at radius 3 is 1.00 bits per heavy atom. The Morgan fingerprint density at radius 1 is 1.00 bits per heavy atom. The summed E-state index contributed by atoms with van der Waals surface area (Å²) in [6.07, 6.45) is 0. The van der Waals surface area contributed by atoms with Gasteiger partial charge in [-0.05, 0) is 0 Å². The third kappa shape index (κ3) is 276. The molecule has 0 nitrogen and oxygen atoms in total. The van der Waals surface area contributed by atoms with Crippen molar-refractivity contribution < 1.29 is 12.9 Å². The van der Waals surface area contributed by atoms with Crippen molar-refractivity contribution in [3.05, 3.63) is 0 Å². The van der Waals surface area contributed by atoms with Crippen LogP contribution in [0.1, 0.15) is 0 Å². The fraction of sp³-hybridized carbons (Fsp3) is 0. The smallest absolute Gasteiger partial charge is 0.254 e. The Hall–Kier alpha value is 0.285. The molecule has 0 unspecified atom stereocenters. The second-order valence-corrected chi connectivity index (χ2v) is 0.247. The zero-order valence-electron chi connectivity index (χ0n) is 2.16. The first-order valence-corrected chi connectivity index (χ1v) is 0.655. The predicted octanol–water partition coefficient (Wildman–Crippen LogP) is 1.74. The molecule has 0 saturated heterocycles. The van der Waals surface area contributed by atoms with Crippen molar-refractivity contribution in [1.29, 1.82) is 0 Å². The van der Waals surface area contributed by atoms with E-state index in [1.165, 1.54) is 0 Å². The Kier molecular flexibility index (Phi) is 7.71. The van der Waals surface area contributed by atoms with Crippen molar-refractivity contribution >= 4 is 17.4 Å². The quantitative estimate of drug-likeness (QED) is 0.320. The molecular formula is BF3P. The van der Waals surface area contributed by atoms with Gasteiger partial charge in [-0.3, -0.25) is 12.9 Å². The minimum Gasteiger partial charge on any atom is -0.254 e. The Labute approximate surface area is 31.6 Å². The molecule has 0 aliphatic carbocycles. The molecule has 0 aliphatic heterocycles. The normalized spacial score (nSPS) is 5.40. The molecule has 29 valence electrons. The molecule has 0 fully saturated rings. The van der Waals surface area contributed by atoms with Gasteiger partial charge in [0.1, 0.15) is 0 Å². The van der Waals surface area contributed by atoms with Crippen molar-refractivity contribution in [2.75, 3.05) is 0 Å². The maximum atomic E-state index is 9.67. The highest BCUT2D eigenvalue weighted by Crippen LogP contribution is 1.80. The van der Waals surface area contributed by atoms with E-state index >= 15 is 0 Å². The summed E-state index contributed by atoms with van der Waals surface area (Å²) in [5, 5.41) is 0. The highest BCUT2D eigenvalue weighted by molar-refractivity contribution is 6.92. The van der Waals surface area contributed by atoms with Gasteiger partial charge in [0.05, 0.1) is 0 Å². The van der Waals surface area contributed by atoms with Gasteiger partial charge in [-0.2, -0.15) is 0 Å². The SMILES string of the molecule is FB(F)F.[P]. The molecule has 5 heteroatoms. The van der Waals surface area contributed by atoms with Crippen LogP contribution in [0.2, 0.25) is 0 Å². The van der Waals surface area contributed by atoms with E-state index in [0.717, 1.165) is 0 Å². The van der Waals surface area contributed by atoms with Crippen LogP contribution in [0.4, 0.5) is 12.9 Å². The Bertz CT molecular complexity index is 11.6. The van der Waals surface area contributed by atoms with Crippen molar-refractivity contribution in [2.45, 2.75) is 0 Å². The van der Waals surface area contributed by atoms with Crippen LogP contribution in [0.5, 0.6) is 0 Å². The Morgan fingerprint density at radius 2 is 1.00 bits per heavy atom. The van der Waals surface area contributed by atoms with Crippen LogP contribution in [0.15, 0.2) is 0 Å². The lowest BCUT2D eigenvalue weighted by Gasteiger charge is -1.55. The van der Waals surface area contributed by atoms with Gasteiger partial charge in [0.25, 0.3) is 0 Å². The molecular weight excluding hydrogens is 98.8 g/mol. The molecule has 0 rings (SSSR count). The lowest BCUT2D eigenvalue weighted by Crippen LogP contribution is -1.76. The second-order valence-electron chi connectivity index (χ2n) is 0.247. The number of hydrogen-bond acceptors (Lipinski definition) is 0. The molecule has 0 aromatic heterocycles. The summed E-state index contributed by atoms with van der Waals surface area (Å²) in [5.41, 5.74) is 0. The van der Waals surface area contributed by atoms with Gasteiger partial charge in [-0.15, -0.1) is 0 Å². The van der Waals surface area contributed by atoms with Gasteiger partial charge >= 0.3 is 7.54 Å². The van der Waals surface area contributed by atoms with E-state index < -0.39 is 7.54 Å². The zero-order valence-corrected chi connectivity index (χ0v) is 3.05.